The summed E-state index contributed by atoms with van der Waals surface area (Å²) in [7, 11) is 3.32. The van der Waals surface area contributed by atoms with Crippen LogP contribution in [0.1, 0.15) is 19.5 Å². The minimum atomic E-state index is 0.272. The fourth-order valence-electron chi connectivity index (χ4n) is 3.12. The maximum absolute atomic E-state index is 5.79. The molecule has 1 saturated heterocycles. The molecule has 0 spiro atoms. The molecular weight excluding hydrogens is 324 g/mol. The van der Waals surface area contributed by atoms with E-state index in [-0.39, 0.29) is 12.2 Å². The maximum atomic E-state index is 5.79. The Labute approximate surface area is 147 Å². The molecule has 0 bridgehead atoms. The van der Waals surface area contributed by atoms with Gasteiger partial charge in [0.15, 0.2) is 0 Å². The molecular formula is C18H24N2O3S. The zero-order chi connectivity index (χ0) is 17.1. The number of ether oxygens (including phenoxy) is 3. The van der Waals surface area contributed by atoms with Gasteiger partial charge >= 0.3 is 0 Å². The molecule has 0 unspecified atom stereocenters. The van der Waals surface area contributed by atoms with Crippen molar-refractivity contribution in [2.24, 2.45) is 0 Å². The van der Waals surface area contributed by atoms with Crippen LogP contribution in [-0.4, -0.2) is 49.4 Å². The molecule has 1 aromatic heterocycles. The van der Waals surface area contributed by atoms with Crippen molar-refractivity contribution in [1.82, 2.24) is 9.88 Å². The number of methoxy groups -OCH3 is 2. The second-order valence-corrected chi connectivity index (χ2v) is 7.02. The predicted molar refractivity (Wildman–Crippen MR) is 95.9 cm³/mol. The third-order valence-corrected chi connectivity index (χ3v) is 5.00. The summed E-state index contributed by atoms with van der Waals surface area (Å²) in [4.78, 5) is 7.21. The Kier molecular flexibility index (Phi) is 5.38. The highest BCUT2D eigenvalue weighted by molar-refractivity contribution is 7.13. The minimum absolute atomic E-state index is 0.272. The van der Waals surface area contributed by atoms with Crippen LogP contribution in [0.5, 0.6) is 11.5 Å². The standard InChI is InChI=1S/C18H24N2O3S/c1-12-8-20(9-13(2)23-12)10-14-11-24-18(19-14)16-6-5-15(21-3)7-17(16)22-4/h5-7,11-13H,8-10H2,1-4H3/t12-,13-/m1/s1. The Morgan fingerprint density at radius 3 is 2.62 bits per heavy atom. The molecule has 1 aliphatic rings. The van der Waals surface area contributed by atoms with Gasteiger partial charge in [-0.15, -0.1) is 11.3 Å². The van der Waals surface area contributed by atoms with Gasteiger partial charge in [0.25, 0.3) is 0 Å². The topological polar surface area (TPSA) is 43.8 Å². The smallest absolute Gasteiger partial charge is 0.132 e. The van der Waals surface area contributed by atoms with Crippen molar-refractivity contribution >= 4 is 11.3 Å². The average Bonchev–Trinajstić information content (AvgIpc) is 3.01. The Morgan fingerprint density at radius 2 is 1.96 bits per heavy atom. The van der Waals surface area contributed by atoms with Gasteiger partial charge in [0.1, 0.15) is 16.5 Å². The van der Waals surface area contributed by atoms with Crippen molar-refractivity contribution in [3.8, 4) is 22.1 Å². The molecule has 3 rings (SSSR count). The molecule has 0 N–H and O–H groups in total. The van der Waals surface area contributed by atoms with E-state index < -0.39 is 0 Å². The first kappa shape index (κ1) is 17.2. The van der Waals surface area contributed by atoms with Crippen LogP contribution in [0, 0.1) is 0 Å². The number of hydrogen-bond acceptors (Lipinski definition) is 6. The number of aromatic nitrogens is 1. The summed E-state index contributed by atoms with van der Waals surface area (Å²) < 4.78 is 16.5. The van der Waals surface area contributed by atoms with Gasteiger partial charge in [-0.3, -0.25) is 4.90 Å². The Balaban J connectivity index is 1.76. The molecule has 2 atom stereocenters. The van der Waals surface area contributed by atoms with Gasteiger partial charge in [-0.1, -0.05) is 0 Å². The summed E-state index contributed by atoms with van der Waals surface area (Å²) in [6.07, 6.45) is 0.544. The molecule has 1 fully saturated rings. The molecule has 1 aliphatic heterocycles. The van der Waals surface area contributed by atoms with Crippen LogP contribution in [0.2, 0.25) is 0 Å². The zero-order valence-electron chi connectivity index (χ0n) is 14.6. The summed E-state index contributed by atoms with van der Waals surface area (Å²) in [5.41, 5.74) is 2.09. The van der Waals surface area contributed by atoms with E-state index in [1.54, 1.807) is 25.6 Å². The Morgan fingerprint density at radius 1 is 1.21 bits per heavy atom. The van der Waals surface area contributed by atoms with Crippen LogP contribution < -0.4 is 9.47 Å². The van der Waals surface area contributed by atoms with E-state index in [2.05, 4.69) is 24.1 Å². The fourth-order valence-corrected chi connectivity index (χ4v) is 3.96. The summed E-state index contributed by atoms with van der Waals surface area (Å²) in [5.74, 6) is 1.56. The minimum Gasteiger partial charge on any atom is -0.497 e. The highest BCUT2D eigenvalue weighted by Crippen LogP contribution is 2.35. The lowest BCUT2D eigenvalue weighted by molar-refractivity contribution is -0.0707. The second kappa shape index (κ2) is 7.51. The molecule has 130 valence electrons. The molecule has 1 aromatic carbocycles. The van der Waals surface area contributed by atoms with E-state index in [1.807, 2.05) is 18.2 Å². The number of hydrogen-bond donors (Lipinski definition) is 0. The average molecular weight is 348 g/mol. The van der Waals surface area contributed by atoms with Crippen molar-refractivity contribution in [3.63, 3.8) is 0 Å². The first-order chi connectivity index (χ1) is 11.6. The van der Waals surface area contributed by atoms with Gasteiger partial charge in [-0.2, -0.15) is 0 Å². The lowest BCUT2D eigenvalue weighted by atomic mass is 10.2. The molecule has 0 amide bonds. The SMILES string of the molecule is COc1ccc(-c2nc(CN3C[C@@H](C)O[C@H](C)C3)cs2)c(OC)c1. The summed E-state index contributed by atoms with van der Waals surface area (Å²) in [6.45, 7) is 6.99. The van der Waals surface area contributed by atoms with Crippen molar-refractivity contribution in [2.45, 2.75) is 32.6 Å². The second-order valence-electron chi connectivity index (χ2n) is 6.16. The molecule has 6 heteroatoms. The summed E-state index contributed by atoms with van der Waals surface area (Å²) in [6, 6.07) is 5.82. The van der Waals surface area contributed by atoms with Crippen LogP contribution in [0.4, 0.5) is 0 Å². The van der Waals surface area contributed by atoms with Crippen molar-refractivity contribution in [1.29, 1.82) is 0 Å². The van der Waals surface area contributed by atoms with Crippen LogP contribution in [0.25, 0.3) is 10.6 Å². The summed E-state index contributed by atoms with van der Waals surface area (Å²) in [5, 5.41) is 3.10. The van der Waals surface area contributed by atoms with E-state index in [1.165, 1.54) is 0 Å². The van der Waals surface area contributed by atoms with Crippen molar-refractivity contribution in [2.75, 3.05) is 27.3 Å². The van der Waals surface area contributed by atoms with Gasteiger partial charge < -0.3 is 14.2 Å². The lowest BCUT2D eigenvalue weighted by Gasteiger charge is -2.34. The first-order valence-electron chi connectivity index (χ1n) is 8.13. The molecule has 0 radical (unpaired) electrons. The van der Waals surface area contributed by atoms with Crippen molar-refractivity contribution < 1.29 is 14.2 Å². The van der Waals surface area contributed by atoms with E-state index >= 15 is 0 Å². The zero-order valence-corrected chi connectivity index (χ0v) is 15.4. The molecule has 0 aliphatic carbocycles. The third kappa shape index (κ3) is 3.88. The first-order valence-corrected chi connectivity index (χ1v) is 9.01. The number of rotatable bonds is 5. The van der Waals surface area contributed by atoms with E-state index in [0.717, 1.165) is 47.4 Å². The largest absolute Gasteiger partial charge is 0.497 e. The monoisotopic (exact) mass is 348 g/mol. The van der Waals surface area contributed by atoms with Crippen LogP contribution in [0.3, 0.4) is 0 Å². The Bertz CT molecular complexity index is 679. The normalized spacial score (nSPS) is 21.7. The van der Waals surface area contributed by atoms with Crippen LogP contribution in [0.15, 0.2) is 23.6 Å². The Hall–Kier alpha value is -1.63. The van der Waals surface area contributed by atoms with Crippen LogP contribution in [-0.2, 0) is 11.3 Å². The van der Waals surface area contributed by atoms with Gasteiger partial charge in [-0.05, 0) is 26.0 Å². The van der Waals surface area contributed by atoms with Crippen LogP contribution >= 0.6 is 11.3 Å². The van der Waals surface area contributed by atoms with Gasteiger partial charge in [0, 0.05) is 31.1 Å². The molecule has 24 heavy (non-hydrogen) atoms. The van der Waals surface area contributed by atoms with Gasteiger partial charge in [0.05, 0.1) is 37.7 Å². The molecule has 2 aromatic rings. The highest BCUT2D eigenvalue weighted by atomic mass is 32.1. The predicted octanol–water partition coefficient (Wildman–Crippen LogP) is 3.44. The summed E-state index contributed by atoms with van der Waals surface area (Å²) >= 11 is 1.65. The van der Waals surface area contributed by atoms with Gasteiger partial charge in [-0.25, -0.2) is 4.98 Å². The van der Waals surface area contributed by atoms with Gasteiger partial charge in [0.2, 0.25) is 0 Å². The van der Waals surface area contributed by atoms with E-state index in [9.17, 15) is 0 Å². The van der Waals surface area contributed by atoms with E-state index in [0.29, 0.717) is 0 Å². The number of morpholine rings is 1. The quantitative estimate of drug-likeness (QED) is 0.828. The lowest BCUT2D eigenvalue weighted by Crippen LogP contribution is -2.44. The molecule has 2 heterocycles. The highest BCUT2D eigenvalue weighted by Gasteiger charge is 2.23. The fraction of sp³-hybridized carbons (Fsp3) is 0.500. The number of nitrogens with zero attached hydrogens (tertiary/aromatic N) is 2. The molecule has 5 nitrogen and oxygen atoms in total. The maximum Gasteiger partial charge on any atom is 0.132 e. The number of benzene rings is 1. The van der Waals surface area contributed by atoms with Crippen molar-refractivity contribution in [3.05, 3.63) is 29.3 Å². The number of thiazole rings is 1. The van der Waals surface area contributed by atoms with E-state index in [4.69, 9.17) is 19.2 Å². The molecule has 0 saturated carbocycles. The third-order valence-electron chi connectivity index (χ3n) is 4.07.